The van der Waals surface area contributed by atoms with Crippen LogP contribution >= 0.6 is 101 Å². The summed E-state index contributed by atoms with van der Waals surface area (Å²) in [5, 5.41) is 2.07. The normalized spacial score (nSPS) is 20.8. The van der Waals surface area contributed by atoms with Gasteiger partial charge in [-0.3, -0.25) is 0 Å². The standard InChI is InChI=1S/C20H42S8/c1-3-15(23)5-7-17(25)13(11-21)9-19(27)20(28)10-14(12-22)18(26)8-6-16(24)4-2/h13-28H,3-12H2,1-2H3/t13-,14+,15?,16?,17?,18?,19?,20?. The van der Waals surface area contributed by atoms with E-state index in [1.165, 1.54) is 0 Å². The molecule has 0 nitrogen and oxygen atoms in total. The van der Waals surface area contributed by atoms with Crippen LogP contribution < -0.4 is 0 Å². The SMILES string of the molecule is CCC(S)CCC(S)[C@H](CS)CC(S)C(S)C[C@H](CS)C(S)CCC(S)CC. The highest BCUT2D eigenvalue weighted by molar-refractivity contribution is 7.85. The monoisotopic (exact) mass is 538 g/mol. The van der Waals surface area contributed by atoms with Crippen molar-refractivity contribution in [3.63, 3.8) is 0 Å². The maximum Gasteiger partial charge on any atom is 0.0137 e. The van der Waals surface area contributed by atoms with Gasteiger partial charge in [0.15, 0.2) is 0 Å². The molecule has 0 fully saturated rings. The van der Waals surface area contributed by atoms with Crippen molar-refractivity contribution in [2.75, 3.05) is 11.5 Å². The van der Waals surface area contributed by atoms with E-state index < -0.39 is 0 Å². The average molecular weight is 539 g/mol. The Morgan fingerprint density at radius 1 is 0.500 bits per heavy atom. The summed E-state index contributed by atoms with van der Waals surface area (Å²) in [6.45, 7) is 4.36. The predicted molar refractivity (Wildman–Crippen MR) is 160 cm³/mol. The van der Waals surface area contributed by atoms with E-state index in [1.807, 2.05) is 0 Å². The molecule has 0 spiro atoms. The summed E-state index contributed by atoms with van der Waals surface area (Å²) in [5.41, 5.74) is 0. The number of rotatable bonds is 17. The molecule has 170 valence electrons. The van der Waals surface area contributed by atoms with E-state index >= 15 is 0 Å². The van der Waals surface area contributed by atoms with E-state index in [2.05, 4.69) is 64.4 Å². The topological polar surface area (TPSA) is 0 Å². The molecule has 0 aromatic carbocycles. The summed E-state index contributed by atoms with van der Waals surface area (Å²) in [6, 6.07) is 0. The van der Waals surface area contributed by atoms with Crippen LogP contribution in [0.4, 0.5) is 0 Å². The second-order valence-electron chi connectivity index (χ2n) is 7.90. The molecular weight excluding hydrogens is 497 g/mol. The molecular formula is C20H42S8. The van der Waals surface area contributed by atoms with Gasteiger partial charge in [0.25, 0.3) is 0 Å². The van der Waals surface area contributed by atoms with Gasteiger partial charge in [-0.15, -0.1) is 0 Å². The first-order chi connectivity index (χ1) is 13.2. The summed E-state index contributed by atoms with van der Waals surface area (Å²) in [7, 11) is 0. The third-order valence-corrected chi connectivity index (χ3v) is 10.5. The highest BCUT2D eigenvalue weighted by atomic mass is 32.1. The molecule has 0 saturated heterocycles. The molecule has 6 unspecified atom stereocenters. The summed E-state index contributed by atoms with van der Waals surface area (Å²) >= 11 is 37.9. The van der Waals surface area contributed by atoms with Gasteiger partial charge < -0.3 is 0 Å². The maximum absolute atomic E-state index is 4.90. The zero-order chi connectivity index (χ0) is 21.7. The molecule has 28 heavy (non-hydrogen) atoms. The molecule has 8 heteroatoms. The van der Waals surface area contributed by atoms with Crippen molar-refractivity contribution in [1.29, 1.82) is 0 Å². The van der Waals surface area contributed by atoms with Gasteiger partial charge in [0.2, 0.25) is 0 Å². The lowest BCUT2D eigenvalue weighted by atomic mass is 9.91. The van der Waals surface area contributed by atoms with Crippen molar-refractivity contribution < 1.29 is 0 Å². The van der Waals surface area contributed by atoms with Gasteiger partial charge in [0.05, 0.1) is 0 Å². The first-order valence-corrected chi connectivity index (χ1v) is 14.9. The molecule has 0 saturated carbocycles. The fraction of sp³-hybridized carbons (Fsp3) is 1.00. The predicted octanol–water partition coefficient (Wildman–Crippen LogP) is 7.03. The smallest absolute Gasteiger partial charge is 0.0137 e. The van der Waals surface area contributed by atoms with Crippen LogP contribution in [0, 0.1) is 11.8 Å². The van der Waals surface area contributed by atoms with E-state index in [0.29, 0.717) is 32.8 Å². The van der Waals surface area contributed by atoms with Gasteiger partial charge in [0, 0.05) is 31.5 Å². The Morgan fingerprint density at radius 2 is 0.821 bits per heavy atom. The first-order valence-electron chi connectivity index (χ1n) is 10.5. The van der Waals surface area contributed by atoms with Crippen LogP contribution in [-0.4, -0.2) is 43.0 Å². The van der Waals surface area contributed by atoms with E-state index in [4.69, 9.17) is 50.5 Å². The number of hydrogen-bond donors (Lipinski definition) is 8. The zero-order valence-electron chi connectivity index (χ0n) is 17.3. The summed E-state index contributed by atoms with van der Waals surface area (Å²) in [4.78, 5) is 0. The Kier molecular flexibility index (Phi) is 20.1. The molecule has 8 atom stereocenters. The minimum Gasteiger partial charge on any atom is -0.179 e. The summed E-state index contributed by atoms with van der Waals surface area (Å²) in [5.74, 6) is 2.55. The lowest BCUT2D eigenvalue weighted by Gasteiger charge is -2.30. The Bertz CT molecular complexity index is 336. The highest BCUT2D eigenvalue weighted by Crippen LogP contribution is 2.32. The van der Waals surface area contributed by atoms with Gasteiger partial charge in [-0.05, 0) is 74.7 Å². The molecule has 0 amide bonds. The third-order valence-electron chi connectivity index (χ3n) is 5.62. The Balaban J connectivity index is 4.56. The molecule has 0 rings (SSSR count). The number of thiol groups is 8. The van der Waals surface area contributed by atoms with Crippen molar-refractivity contribution in [1.82, 2.24) is 0 Å². The van der Waals surface area contributed by atoms with Crippen LogP contribution in [0.3, 0.4) is 0 Å². The van der Waals surface area contributed by atoms with E-state index in [1.54, 1.807) is 0 Å². The van der Waals surface area contributed by atoms with Gasteiger partial charge in [0.1, 0.15) is 0 Å². The molecule has 0 bridgehead atoms. The van der Waals surface area contributed by atoms with Crippen molar-refractivity contribution in [3.8, 4) is 0 Å². The van der Waals surface area contributed by atoms with Gasteiger partial charge in [-0.1, -0.05) is 13.8 Å². The van der Waals surface area contributed by atoms with Crippen LogP contribution in [0.2, 0.25) is 0 Å². The van der Waals surface area contributed by atoms with Gasteiger partial charge >= 0.3 is 0 Å². The quantitative estimate of drug-likeness (QED) is 0.0896. The lowest BCUT2D eigenvalue weighted by molar-refractivity contribution is 0.437. The Labute approximate surface area is 219 Å². The Hall–Kier alpha value is 2.80. The fourth-order valence-corrected chi connectivity index (χ4v) is 6.22. The molecule has 0 aliphatic rings. The molecule has 0 N–H and O–H groups in total. The van der Waals surface area contributed by atoms with Crippen LogP contribution in [0.5, 0.6) is 0 Å². The van der Waals surface area contributed by atoms with E-state index in [-0.39, 0.29) is 10.5 Å². The first kappa shape index (κ1) is 30.8. The van der Waals surface area contributed by atoms with Gasteiger partial charge in [-0.25, -0.2) is 0 Å². The Morgan fingerprint density at radius 3 is 1.07 bits per heavy atom. The van der Waals surface area contributed by atoms with Gasteiger partial charge in [-0.2, -0.15) is 101 Å². The van der Waals surface area contributed by atoms with Crippen LogP contribution in [-0.2, 0) is 0 Å². The average Bonchev–Trinajstić information content (AvgIpc) is 2.70. The molecule has 0 aromatic heterocycles. The minimum absolute atomic E-state index is 0.226. The zero-order valence-corrected chi connectivity index (χ0v) is 24.4. The second kappa shape index (κ2) is 18.3. The van der Waals surface area contributed by atoms with Crippen LogP contribution in [0.25, 0.3) is 0 Å². The van der Waals surface area contributed by atoms with Crippen LogP contribution in [0.15, 0.2) is 0 Å². The molecule has 0 heterocycles. The van der Waals surface area contributed by atoms with Crippen molar-refractivity contribution >= 4 is 101 Å². The van der Waals surface area contributed by atoms with Crippen molar-refractivity contribution in [2.24, 2.45) is 11.8 Å². The summed E-state index contributed by atoms with van der Waals surface area (Å²) in [6.07, 6.45) is 8.55. The molecule has 0 radical (unpaired) electrons. The van der Waals surface area contributed by atoms with Crippen molar-refractivity contribution in [2.45, 2.75) is 96.7 Å². The molecule has 0 aliphatic heterocycles. The summed E-state index contributed by atoms with van der Waals surface area (Å²) < 4.78 is 0. The van der Waals surface area contributed by atoms with E-state index in [0.717, 1.165) is 62.9 Å². The van der Waals surface area contributed by atoms with Crippen molar-refractivity contribution in [3.05, 3.63) is 0 Å². The minimum atomic E-state index is 0.226. The van der Waals surface area contributed by atoms with E-state index in [9.17, 15) is 0 Å². The highest BCUT2D eigenvalue weighted by Gasteiger charge is 2.27. The molecule has 0 aromatic rings. The fourth-order valence-electron chi connectivity index (χ4n) is 3.25. The number of hydrogen-bond acceptors (Lipinski definition) is 8. The largest absolute Gasteiger partial charge is 0.179 e. The lowest BCUT2D eigenvalue weighted by Crippen LogP contribution is -2.30. The second-order valence-corrected chi connectivity index (χ2v) is 12.7. The molecule has 0 aliphatic carbocycles. The third kappa shape index (κ3) is 13.4. The van der Waals surface area contributed by atoms with Crippen LogP contribution in [0.1, 0.15) is 65.2 Å². The maximum atomic E-state index is 4.90.